The Morgan fingerprint density at radius 2 is 1.33 bits per heavy atom. The van der Waals surface area contributed by atoms with Crippen molar-refractivity contribution in [2.24, 2.45) is 0 Å². The summed E-state index contributed by atoms with van der Waals surface area (Å²) in [6.45, 7) is 0. The first kappa shape index (κ1) is 27.8. The first-order valence-corrected chi connectivity index (χ1v) is 17.0. The van der Waals surface area contributed by atoms with E-state index in [1.54, 1.807) is 0 Å². The summed E-state index contributed by atoms with van der Waals surface area (Å²) in [5.41, 5.74) is 11.1. The second-order valence-electron chi connectivity index (χ2n) is 12.8. The standard InChI is InChI=1S/C46H32N2O/c1-3-15-34(16-4-1)47(35-17-5-2-6-18-35)36-25-27-37(28-26-36)48-42-21-11-9-20-39(42)44-40(33-24-23-31-13-7-8-14-32(31)29-33)30-41-38-19-10-12-22-43(38)49-46(41)45(44)48/h1-5,7-17,19-30H,6,18H2. The Kier molecular flexibility index (Phi) is 6.31. The molecule has 0 bridgehead atoms. The van der Waals surface area contributed by atoms with Crippen LogP contribution in [0.25, 0.3) is 71.3 Å². The Bertz CT molecular complexity index is 2760. The van der Waals surface area contributed by atoms with Crippen molar-refractivity contribution in [2.75, 3.05) is 4.90 Å². The van der Waals surface area contributed by atoms with Crippen LogP contribution in [0.1, 0.15) is 12.8 Å². The van der Waals surface area contributed by atoms with Crippen LogP contribution in [0.5, 0.6) is 0 Å². The van der Waals surface area contributed by atoms with Crippen LogP contribution in [0.3, 0.4) is 0 Å². The molecule has 0 N–H and O–H groups in total. The van der Waals surface area contributed by atoms with Crippen molar-refractivity contribution in [1.29, 1.82) is 0 Å². The minimum atomic E-state index is 0.898. The molecule has 0 spiro atoms. The van der Waals surface area contributed by atoms with Crippen molar-refractivity contribution < 1.29 is 4.42 Å². The van der Waals surface area contributed by atoms with Crippen LogP contribution in [0.15, 0.2) is 180 Å². The SMILES string of the molecule is C1=CCCC(N(c2ccccc2)c2ccc(-n3c4ccccc4c4c(-c5ccc6ccccc6c5)cc5c6ccccc6oc5c43)cc2)=C1. The Balaban J connectivity index is 1.25. The Morgan fingerprint density at radius 1 is 0.592 bits per heavy atom. The molecule has 0 radical (unpaired) electrons. The second-order valence-corrected chi connectivity index (χ2v) is 12.8. The molecule has 2 heterocycles. The maximum Gasteiger partial charge on any atom is 0.160 e. The molecule has 0 saturated carbocycles. The van der Waals surface area contributed by atoms with Crippen molar-refractivity contribution >= 4 is 65.9 Å². The van der Waals surface area contributed by atoms with Crippen LogP contribution in [0.4, 0.5) is 11.4 Å². The molecule has 10 rings (SSSR count). The zero-order valence-corrected chi connectivity index (χ0v) is 26.9. The molecule has 0 aliphatic heterocycles. The summed E-state index contributed by atoms with van der Waals surface area (Å²) in [7, 11) is 0. The van der Waals surface area contributed by atoms with Gasteiger partial charge in [-0.3, -0.25) is 0 Å². The molecule has 0 saturated heterocycles. The van der Waals surface area contributed by atoms with Crippen molar-refractivity contribution in [3.8, 4) is 16.8 Å². The summed E-state index contributed by atoms with van der Waals surface area (Å²) < 4.78 is 9.18. The number of allylic oxidation sites excluding steroid dienone is 4. The minimum Gasteiger partial charge on any atom is -0.454 e. The molecule has 0 fully saturated rings. The van der Waals surface area contributed by atoms with Gasteiger partial charge in [0.1, 0.15) is 5.58 Å². The number of fused-ring (bicyclic) bond motifs is 8. The van der Waals surface area contributed by atoms with Gasteiger partial charge in [-0.05, 0) is 101 Å². The van der Waals surface area contributed by atoms with Gasteiger partial charge in [-0.1, -0.05) is 103 Å². The molecule has 0 atom stereocenters. The van der Waals surface area contributed by atoms with E-state index < -0.39 is 0 Å². The maximum atomic E-state index is 6.77. The van der Waals surface area contributed by atoms with Crippen LogP contribution in [0, 0.1) is 0 Å². The van der Waals surface area contributed by atoms with Crippen molar-refractivity contribution in [2.45, 2.75) is 12.8 Å². The van der Waals surface area contributed by atoms with E-state index in [4.69, 9.17) is 4.42 Å². The van der Waals surface area contributed by atoms with E-state index in [2.05, 4.69) is 179 Å². The number of nitrogens with zero attached hydrogens (tertiary/aromatic N) is 2. The fraction of sp³-hybridized carbons (Fsp3) is 0.0435. The maximum absolute atomic E-state index is 6.77. The summed E-state index contributed by atoms with van der Waals surface area (Å²) >= 11 is 0. The molecule has 1 aliphatic rings. The van der Waals surface area contributed by atoms with E-state index in [-0.39, 0.29) is 0 Å². The average molecular weight is 629 g/mol. The second kappa shape index (κ2) is 11.1. The molecule has 9 aromatic rings. The van der Waals surface area contributed by atoms with E-state index in [0.717, 1.165) is 62.9 Å². The van der Waals surface area contributed by atoms with Gasteiger partial charge in [-0.25, -0.2) is 0 Å². The van der Waals surface area contributed by atoms with Gasteiger partial charge in [0.05, 0.1) is 11.0 Å². The summed E-state index contributed by atoms with van der Waals surface area (Å²) in [6.07, 6.45) is 8.70. The number of hydrogen-bond acceptors (Lipinski definition) is 2. The number of aromatic nitrogens is 1. The van der Waals surface area contributed by atoms with Crippen molar-refractivity contribution in [1.82, 2.24) is 4.57 Å². The highest BCUT2D eigenvalue weighted by molar-refractivity contribution is 6.26. The Morgan fingerprint density at radius 3 is 2.16 bits per heavy atom. The first-order valence-electron chi connectivity index (χ1n) is 17.0. The van der Waals surface area contributed by atoms with E-state index in [1.807, 2.05) is 0 Å². The molecule has 1 aliphatic carbocycles. The molecule has 49 heavy (non-hydrogen) atoms. The third kappa shape index (κ3) is 4.43. The highest BCUT2D eigenvalue weighted by atomic mass is 16.3. The number of hydrogen-bond donors (Lipinski definition) is 0. The third-order valence-electron chi connectivity index (χ3n) is 10.0. The predicted molar refractivity (Wildman–Crippen MR) is 206 cm³/mol. The van der Waals surface area contributed by atoms with Crippen molar-refractivity contribution in [3.05, 3.63) is 176 Å². The van der Waals surface area contributed by atoms with Gasteiger partial charge in [-0.2, -0.15) is 0 Å². The summed E-state index contributed by atoms with van der Waals surface area (Å²) in [5, 5.41) is 7.13. The Hall–Kier alpha value is -6.32. The van der Waals surface area contributed by atoms with Gasteiger partial charge in [0, 0.05) is 44.3 Å². The third-order valence-corrected chi connectivity index (χ3v) is 10.0. The van der Waals surface area contributed by atoms with Gasteiger partial charge in [0.2, 0.25) is 0 Å². The summed E-state index contributed by atoms with van der Waals surface area (Å²) in [4.78, 5) is 2.38. The molecular weight excluding hydrogens is 597 g/mol. The number of para-hydroxylation sites is 3. The normalized spacial score (nSPS) is 13.2. The fourth-order valence-corrected chi connectivity index (χ4v) is 7.77. The number of rotatable bonds is 5. The highest BCUT2D eigenvalue weighted by Crippen LogP contribution is 2.46. The van der Waals surface area contributed by atoms with Gasteiger partial charge in [0.15, 0.2) is 5.58 Å². The van der Waals surface area contributed by atoms with Gasteiger partial charge in [0.25, 0.3) is 0 Å². The van der Waals surface area contributed by atoms with E-state index in [1.165, 1.54) is 38.4 Å². The predicted octanol–water partition coefficient (Wildman–Crippen LogP) is 12.9. The zero-order valence-electron chi connectivity index (χ0n) is 26.9. The molecule has 0 unspecified atom stereocenters. The zero-order chi connectivity index (χ0) is 32.3. The lowest BCUT2D eigenvalue weighted by atomic mass is 9.95. The first-order chi connectivity index (χ1) is 24.3. The molecular formula is C46H32N2O. The van der Waals surface area contributed by atoms with Gasteiger partial charge >= 0.3 is 0 Å². The summed E-state index contributed by atoms with van der Waals surface area (Å²) in [5.74, 6) is 0. The Labute approximate surface area is 284 Å². The average Bonchev–Trinajstić information content (AvgIpc) is 3.72. The van der Waals surface area contributed by atoms with Gasteiger partial charge < -0.3 is 13.9 Å². The lowest BCUT2D eigenvalue weighted by Crippen LogP contribution is -2.17. The van der Waals surface area contributed by atoms with Crippen LogP contribution in [-0.2, 0) is 0 Å². The van der Waals surface area contributed by atoms with E-state index >= 15 is 0 Å². The van der Waals surface area contributed by atoms with E-state index in [0.29, 0.717) is 0 Å². The van der Waals surface area contributed by atoms with Crippen LogP contribution >= 0.6 is 0 Å². The smallest absolute Gasteiger partial charge is 0.160 e. The van der Waals surface area contributed by atoms with Crippen LogP contribution in [0.2, 0.25) is 0 Å². The molecule has 0 amide bonds. The molecule has 232 valence electrons. The lowest BCUT2D eigenvalue weighted by Gasteiger charge is -2.29. The van der Waals surface area contributed by atoms with Crippen molar-refractivity contribution in [3.63, 3.8) is 0 Å². The number of anilines is 2. The highest BCUT2D eigenvalue weighted by Gasteiger charge is 2.23. The lowest BCUT2D eigenvalue weighted by molar-refractivity contribution is 0.671. The quantitative estimate of drug-likeness (QED) is 0.189. The molecule has 3 heteroatoms. The van der Waals surface area contributed by atoms with Crippen LogP contribution < -0.4 is 4.90 Å². The topological polar surface area (TPSA) is 21.3 Å². The molecule has 2 aromatic heterocycles. The summed E-state index contributed by atoms with van der Waals surface area (Å²) in [6, 6.07) is 54.6. The number of benzene rings is 7. The van der Waals surface area contributed by atoms with Gasteiger partial charge in [-0.15, -0.1) is 0 Å². The molecule has 3 nitrogen and oxygen atoms in total. The van der Waals surface area contributed by atoms with E-state index in [9.17, 15) is 0 Å². The monoisotopic (exact) mass is 628 g/mol. The fourth-order valence-electron chi connectivity index (χ4n) is 7.77. The largest absolute Gasteiger partial charge is 0.454 e. The number of furan rings is 1. The minimum absolute atomic E-state index is 0.898. The van der Waals surface area contributed by atoms with Crippen LogP contribution in [-0.4, -0.2) is 4.57 Å². The molecule has 7 aromatic carbocycles.